The van der Waals surface area contributed by atoms with E-state index < -0.39 is 42.4 Å². The summed E-state index contributed by atoms with van der Waals surface area (Å²) in [5.41, 5.74) is 13.0. The van der Waals surface area contributed by atoms with Gasteiger partial charge in [0.2, 0.25) is 5.91 Å². The van der Waals surface area contributed by atoms with E-state index in [1.165, 1.54) is 17.2 Å². The van der Waals surface area contributed by atoms with Crippen LogP contribution in [0.1, 0.15) is 11.8 Å². The predicted molar refractivity (Wildman–Crippen MR) is 112 cm³/mol. The Bertz CT molecular complexity index is 1170. The largest absolute Gasteiger partial charge is 0.479 e. The van der Waals surface area contributed by atoms with Crippen molar-refractivity contribution in [3.63, 3.8) is 0 Å². The molecule has 7 N–H and O–H groups in total. The van der Waals surface area contributed by atoms with E-state index in [4.69, 9.17) is 27.8 Å². The van der Waals surface area contributed by atoms with Crippen LogP contribution < -0.4 is 16.8 Å². The van der Waals surface area contributed by atoms with Gasteiger partial charge in [-0.15, -0.1) is 0 Å². The molecule has 13 heteroatoms. The van der Waals surface area contributed by atoms with Crippen molar-refractivity contribution in [3.05, 3.63) is 47.5 Å². The van der Waals surface area contributed by atoms with Crippen molar-refractivity contribution in [1.29, 1.82) is 0 Å². The first-order valence-electron chi connectivity index (χ1n) is 9.56. The molecule has 5 atom stereocenters. The Morgan fingerprint density at radius 1 is 1.31 bits per heavy atom. The van der Waals surface area contributed by atoms with Gasteiger partial charge >= 0.3 is 5.97 Å². The molecule has 1 unspecified atom stereocenters. The average molecular weight is 462 g/mol. The SMILES string of the molecule is Nc1ncnc2c1ncn2[C@H]1O[C@H](C(=O)O)[C@@H](NC(=O)C(N)Cc2cccc(Cl)c2)[C@H]1O. The van der Waals surface area contributed by atoms with Crippen molar-refractivity contribution in [1.82, 2.24) is 24.8 Å². The van der Waals surface area contributed by atoms with Gasteiger partial charge in [-0.05, 0) is 24.1 Å². The number of ether oxygens (including phenoxy) is 1. The summed E-state index contributed by atoms with van der Waals surface area (Å²) in [6.07, 6.45) is -1.48. The summed E-state index contributed by atoms with van der Waals surface area (Å²) in [7, 11) is 0. The first-order valence-corrected chi connectivity index (χ1v) is 9.94. The van der Waals surface area contributed by atoms with Gasteiger partial charge in [0, 0.05) is 5.02 Å². The van der Waals surface area contributed by atoms with Gasteiger partial charge in [0.1, 0.15) is 17.9 Å². The minimum Gasteiger partial charge on any atom is -0.479 e. The van der Waals surface area contributed by atoms with Crippen LogP contribution in [0.2, 0.25) is 5.02 Å². The number of amides is 1. The second kappa shape index (κ2) is 8.67. The first kappa shape index (κ1) is 21.9. The number of hydrogen-bond donors (Lipinski definition) is 5. The third-order valence-corrected chi connectivity index (χ3v) is 5.40. The second-order valence-electron chi connectivity index (χ2n) is 7.33. The zero-order valence-electron chi connectivity index (χ0n) is 16.5. The summed E-state index contributed by atoms with van der Waals surface area (Å²) >= 11 is 5.95. The number of nitrogens with one attached hydrogen (secondary N) is 1. The number of aliphatic hydroxyl groups is 1. The van der Waals surface area contributed by atoms with Crippen LogP contribution in [-0.4, -0.2) is 65.9 Å². The number of aliphatic hydroxyl groups excluding tert-OH is 1. The number of carboxylic acid groups (broad SMARTS) is 1. The fraction of sp³-hybridized carbons (Fsp3) is 0.316. The smallest absolute Gasteiger partial charge is 0.335 e. The minimum atomic E-state index is -1.53. The van der Waals surface area contributed by atoms with Crippen molar-refractivity contribution in [2.24, 2.45) is 5.73 Å². The highest BCUT2D eigenvalue weighted by molar-refractivity contribution is 6.30. The molecule has 32 heavy (non-hydrogen) atoms. The van der Waals surface area contributed by atoms with E-state index in [2.05, 4.69) is 20.3 Å². The van der Waals surface area contributed by atoms with Gasteiger partial charge in [0.15, 0.2) is 23.8 Å². The van der Waals surface area contributed by atoms with Crippen LogP contribution in [0.4, 0.5) is 5.82 Å². The molecule has 4 rings (SSSR count). The van der Waals surface area contributed by atoms with Crippen molar-refractivity contribution in [3.8, 4) is 0 Å². The molecule has 0 bridgehead atoms. The second-order valence-corrected chi connectivity index (χ2v) is 7.77. The van der Waals surface area contributed by atoms with Crippen LogP contribution in [-0.2, 0) is 20.7 Å². The lowest BCUT2D eigenvalue weighted by atomic mass is 10.0. The van der Waals surface area contributed by atoms with Gasteiger partial charge in [0.25, 0.3) is 0 Å². The number of carbonyl (C=O) groups is 2. The molecule has 3 aromatic rings. The number of nitrogens with zero attached hydrogens (tertiary/aromatic N) is 4. The highest BCUT2D eigenvalue weighted by Gasteiger charge is 2.49. The van der Waals surface area contributed by atoms with Gasteiger partial charge in [-0.25, -0.2) is 19.7 Å². The lowest BCUT2D eigenvalue weighted by Crippen LogP contribution is -2.54. The van der Waals surface area contributed by atoms with Crippen molar-refractivity contribution in [2.75, 3.05) is 5.73 Å². The molecule has 2 aromatic heterocycles. The van der Waals surface area contributed by atoms with E-state index in [-0.39, 0.29) is 23.4 Å². The van der Waals surface area contributed by atoms with Gasteiger partial charge < -0.3 is 31.7 Å². The van der Waals surface area contributed by atoms with Crippen LogP contribution in [0.15, 0.2) is 36.9 Å². The Morgan fingerprint density at radius 2 is 2.09 bits per heavy atom. The molecule has 0 spiro atoms. The van der Waals surface area contributed by atoms with E-state index in [0.29, 0.717) is 5.02 Å². The van der Waals surface area contributed by atoms with E-state index in [9.17, 15) is 19.8 Å². The molecule has 0 saturated carbocycles. The van der Waals surface area contributed by atoms with Crippen molar-refractivity contribution in [2.45, 2.75) is 36.9 Å². The summed E-state index contributed by atoms with van der Waals surface area (Å²) in [5.74, 6) is -1.89. The standard InChI is InChI=1S/C19H20ClN7O5/c20-9-3-1-2-8(4-9)5-10(21)17(29)26-11-13(28)18(32-14(11)19(30)31)27-7-25-12-15(22)23-6-24-16(12)27/h1-4,6-7,10-11,13-14,18,28H,5,21H2,(H,26,29)(H,30,31)(H2,22,23,24)/t10?,11-,13+,14-,18-/m0/s1. The highest BCUT2D eigenvalue weighted by Crippen LogP contribution is 2.32. The number of carboxylic acids is 1. The number of halogens is 1. The van der Waals surface area contributed by atoms with Crippen LogP contribution in [0.3, 0.4) is 0 Å². The number of benzene rings is 1. The lowest BCUT2D eigenvalue weighted by molar-refractivity contribution is -0.152. The number of rotatable bonds is 6. The molecule has 3 heterocycles. The zero-order chi connectivity index (χ0) is 23.0. The predicted octanol–water partition coefficient (Wildman–Crippen LogP) is -0.540. The lowest BCUT2D eigenvalue weighted by Gasteiger charge is -2.22. The Morgan fingerprint density at radius 3 is 2.81 bits per heavy atom. The Hall–Kier alpha value is -3.32. The molecule has 1 saturated heterocycles. The van der Waals surface area contributed by atoms with E-state index in [0.717, 1.165) is 5.56 Å². The molecule has 0 aliphatic carbocycles. The third-order valence-electron chi connectivity index (χ3n) is 5.17. The van der Waals surface area contributed by atoms with E-state index in [1.54, 1.807) is 24.3 Å². The number of aliphatic carboxylic acids is 1. The molecule has 12 nitrogen and oxygen atoms in total. The number of nitrogens with two attached hydrogens (primary N) is 2. The maximum atomic E-state index is 12.7. The van der Waals surface area contributed by atoms with Gasteiger partial charge in [0.05, 0.1) is 18.4 Å². The van der Waals surface area contributed by atoms with Crippen LogP contribution >= 0.6 is 11.6 Å². The Kier molecular flexibility index (Phi) is 5.93. The summed E-state index contributed by atoms with van der Waals surface area (Å²) in [4.78, 5) is 36.4. The molecule has 1 aliphatic heterocycles. The zero-order valence-corrected chi connectivity index (χ0v) is 17.3. The third kappa shape index (κ3) is 4.08. The number of anilines is 1. The van der Waals surface area contributed by atoms with Gasteiger partial charge in [-0.1, -0.05) is 23.7 Å². The first-order chi connectivity index (χ1) is 15.3. The number of nitrogen functional groups attached to an aromatic ring is 1. The van der Waals surface area contributed by atoms with Crippen LogP contribution in [0.5, 0.6) is 0 Å². The van der Waals surface area contributed by atoms with Crippen molar-refractivity contribution < 1.29 is 24.5 Å². The molecular weight excluding hydrogens is 442 g/mol. The summed E-state index contributed by atoms with van der Waals surface area (Å²) in [5, 5.41) is 23.4. The Balaban J connectivity index is 1.54. The topological polar surface area (TPSA) is 192 Å². The fourth-order valence-electron chi connectivity index (χ4n) is 3.61. The molecular formula is C19H20ClN7O5. The molecule has 168 valence electrons. The molecule has 1 amide bonds. The average Bonchev–Trinajstić information content (AvgIpc) is 3.30. The monoisotopic (exact) mass is 461 g/mol. The maximum Gasteiger partial charge on any atom is 0.335 e. The van der Waals surface area contributed by atoms with Gasteiger partial charge in [-0.3, -0.25) is 9.36 Å². The minimum absolute atomic E-state index is 0.118. The van der Waals surface area contributed by atoms with Crippen LogP contribution in [0, 0.1) is 0 Å². The number of fused-ring (bicyclic) bond motifs is 1. The number of hydrogen-bond acceptors (Lipinski definition) is 9. The van der Waals surface area contributed by atoms with Crippen LogP contribution in [0.25, 0.3) is 11.2 Å². The molecule has 1 aliphatic rings. The molecule has 1 fully saturated rings. The van der Waals surface area contributed by atoms with Gasteiger partial charge in [-0.2, -0.15) is 0 Å². The summed E-state index contributed by atoms with van der Waals surface area (Å²) in [6.45, 7) is 0. The normalized spacial score (nSPS) is 23.8. The maximum absolute atomic E-state index is 12.7. The summed E-state index contributed by atoms with van der Waals surface area (Å²) < 4.78 is 6.89. The molecule has 0 radical (unpaired) electrons. The number of imidazole rings is 1. The number of carbonyl (C=O) groups excluding carboxylic acids is 1. The highest BCUT2D eigenvalue weighted by atomic mass is 35.5. The van der Waals surface area contributed by atoms with E-state index >= 15 is 0 Å². The number of aromatic nitrogens is 4. The molecule has 1 aromatic carbocycles. The quantitative estimate of drug-likeness (QED) is 0.318. The fourth-order valence-corrected chi connectivity index (χ4v) is 3.83. The van der Waals surface area contributed by atoms with Crippen molar-refractivity contribution >= 4 is 40.5 Å². The summed E-state index contributed by atoms with van der Waals surface area (Å²) in [6, 6.07) is 4.59. The van der Waals surface area contributed by atoms with E-state index in [1.807, 2.05) is 0 Å². The Labute approximate surface area is 186 Å².